The molecule has 3 N–H and O–H groups in total. The molecular formula is C22H20Cl2F6N2O2. The van der Waals surface area contributed by atoms with Gasteiger partial charge in [-0.15, -0.1) is 0 Å². The molecule has 0 unspecified atom stereocenters. The van der Waals surface area contributed by atoms with E-state index in [1.54, 1.807) is 0 Å². The molecule has 0 spiro atoms. The van der Waals surface area contributed by atoms with Crippen molar-refractivity contribution in [3.05, 3.63) is 63.1 Å². The molecule has 186 valence electrons. The minimum atomic E-state index is -5.20. The Bertz CT molecular complexity index is 1040. The van der Waals surface area contributed by atoms with Crippen molar-refractivity contribution in [2.45, 2.75) is 43.8 Å². The first-order chi connectivity index (χ1) is 15.7. The Morgan fingerprint density at radius 3 is 2.15 bits per heavy atom. The van der Waals surface area contributed by atoms with Crippen molar-refractivity contribution < 1.29 is 36.2 Å². The fraction of sp³-hybridized carbons (Fsp3) is 0.409. The minimum absolute atomic E-state index is 0.155. The zero-order valence-electron chi connectivity index (χ0n) is 17.5. The van der Waals surface area contributed by atoms with Crippen LogP contribution in [0.2, 0.25) is 10.0 Å². The topological polar surface area (TPSA) is 61.4 Å². The highest BCUT2D eigenvalue weighted by Crippen LogP contribution is 2.41. The van der Waals surface area contributed by atoms with Gasteiger partial charge in [-0.05, 0) is 60.2 Å². The molecule has 1 atom stereocenters. The summed E-state index contributed by atoms with van der Waals surface area (Å²) in [5.74, 6) is -0.108. The SMILES string of the molecule is O=C(CC1CC1)NCc1ccc(NC[C@](O)(c2cc(Cl)cc(Cl)c2)C(F)(F)F)cc1C(F)(F)F. The third-order valence-electron chi connectivity index (χ3n) is 5.42. The van der Waals surface area contributed by atoms with Gasteiger partial charge in [-0.25, -0.2) is 0 Å². The molecule has 4 nitrogen and oxygen atoms in total. The van der Waals surface area contributed by atoms with Gasteiger partial charge in [0.2, 0.25) is 11.5 Å². The van der Waals surface area contributed by atoms with Crippen molar-refractivity contribution >= 4 is 34.8 Å². The Labute approximate surface area is 201 Å². The van der Waals surface area contributed by atoms with Gasteiger partial charge >= 0.3 is 12.4 Å². The van der Waals surface area contributed by atoms with Gasteiger partial charge in [0.05, 0.1) is 12.1 Å². The second kappa shape index (κ2) is 9.83. The summed E-state index contributed by atoms with van der Waals surface area (Å²) in [7, 11) is 0. The van der Waals surface area contributed by atoms with E-state index in [-0.39, 0.29) is 46.1 Å². The zero-order chi connectivity index (χ0) is 25.3. The van der Waals surface area contributed by atoms with Crippen LogP contribution in [0.3, 0.4) is 0 Å². The number of hydrogen-bond acceptors (Lipinski definition) is 3. The molecule has 2 aromatic rings. The molecule has 1 aliphatic rings. The summed E-state index contributed by atoms with van der Waals surface area (Å²) in [6.45, 7) is -1.59. The summed E-state index contributed by atoms with van der Waals surface area (Å²) in [5.41, 5.74) is -5.83. The standard InChI is InChI=1S/C22H20Cl2F6N2O2/c23-15-6-14(7-16(24)8-15)20(34,22(28,29)30)11-32-17-4-3-13(18(9-17)21(25,26)27)10-31-19(33)5-12-1-2-12/h3-4,6-9,12,32,34H,1-2,5,10-11H2,(H,31,33)/t20-/m0/s1. The minimum Gasteiger partial charge on any atom is -0.381 e. The molecule has 0 heterocycles. The van der Waals surface area contributed by atoms with Gasteiger partial charge in [-0.1, -0.05) is 29.3 Å². The van der Waals surface area contributed by atoms with Crippen LogP contribution in [0.1, 0.15) is 36.0 Å². The normalized spacial score (nSPS) is 16.1. The average molecular weight is 529 g/mol. The molecule has 34 heavy (non-hydrogen) atoms. The lowest BCUT2D eigenvalue weighted by atomic mass is 9.92. The van der Waals surface area contributed by atoms with Crippen LogP contribution >= 0.6 is 23.2 Å². The molecule has 0 radical (unpaired) electrons. The predicted octanol–water partition coefficient (Wildman–Crippen LogP) is 6.29. The quantitative estimate of drug-likeness (QED) is 0.353. The molecule has 2 aromatic carbocycles. The number of rotatable bonds is 8. The van der Waals surface area contributed by atoms with E-state index >= 15 is 0 Å². The molecular weight excluding hydrogens is 509 g/mol. The van der Waals surface area contributed by atoms with E-state index in [9.17, 15) is 36.2 Å². The van der Waals surface area contributed by atoms with E-state index in [1.807, 2.05) is 0 Å². The summed E-state index contributed by atoms with van der Waals surface area (Å²) in [5, 5.41) is 14.8. The van der Waals surface area contributed by atoms with Gasteiger partial charge in [0.1, 0.15) is 0 Å². The van der Waals surface area contributed by atoms with E-state index in [0.29, 0.717) is 6.07 Å². The molecule has 0 aromatic heterocycles. The van der Waals surface area contributed by atoms with Crippen LogP contribution in [0.5, 0.6) is 0 Å². The maximum atomic E-state index is 13.8. The van der Waals surface area contributed by atoms with Crippen molar-refractivity contribution in [2.75, 3.05) is 11.9 Å². The third kappa shape index (κ3) is 6.49. The fourth-order valence-electron chi connectivity index (χ4n) is 3.34. The van der Waals surface area contributed by atoms with E-state index in [1.165, 1.54) is 6.07 Å². The van der Waals surface area contributed by atoms with Gasteiger partial charge in [0.25, 0.3) is 0 Å². The second-order valence-electron chi connectivity index (χ2n) is 8.16. The molecule has 0 bridgehead atoms. The van der Waals surface area contributed by atoms with Crippen LogP contribution in [0, 0.1) is 5.92 Å². The van der Waals surface area contributed by atoms with Gasteiger partial charge in [-0.2, -0.15) is 26.3 Å². The molecule has 1 saturated carbocycles. The first kappa shape index (κ1) is 26.4. The number of aliphatic hydroxyl groups is 1. The van der Waals surface area contributed by atoms with E-state index in [2.05, 4.69) is 10.6 Å². The van der Waals surface area contributed by atoms with E-state index in [0.717, 1.165) is 37.1 Å². The maximum Gasteiger partial charge on any atom is 0.423 e. The molecule has 0 aliphatic heterocycles. The number of alkyl halides is 6. The molecule has 12 heteroatoms. The van der Waals surface area contributed by atoms with Gasteiger partial charge in [0.15, 0.2) is 0 Å². The van der Waals surface area contributed by atoms with Crippen molar-refractivity contribution in [1.29, 1.82) is 0 Å². The van der Waals surface area contributed by atoms with Crippen molar-refractivity contribution in [3.8, 4) is 0 Å². The van der Waals surface area contributed by atoms with Crippen LogP contribution in [-0.2, 0) is 23.1 Å². The van der Waals surface area contributed by atoms with E-state index in [4.69, 9.17) is 23.2 Å². The highest BCUT2D eigenvalue weighted by atomic mass is 35.5. The highest BCUT2D eigenvalue weighted by Gasteiger charge is 2.55. The lowest BCUT2D eigenvalue weighted by Crippen LogP contribution is -2.47. The average Bonchev–Trinajstić information content (AvgIpc) is 3.52. The lowest BCUT2D eigenvalue weighted by Gasteiger charge is -2.32. The number of carbonyl (C=O) groups excluding carboxylic acids is 1. The van der Waals surface area contributed by atoms with Crippen LogP contribution in [-0.4, -0.2) is 23.7 Å². The Morgan fingerprint density at radius 2 is 1.62 bits per heavy atom. The number of nitrogens with one attached hydrogen (secondary N) is 2. The van der Waals surface area contributed by atoms with Crippen LogP contribution < -0.4 is 10.6 Å². The third-order valence-corrected chi connectivity index (χ3v) is 5.86. The monoisotopic (exact) mass is 528 g/mol. The Balaban J connectivity index is 1.82. The summed E-state index contributed by atoms with van der Waals surface area (Å²) in [6.07, 6.45) is -7.97. The molecule has 3 rings (SSSR count). The number of hydrogen-bond donors (Lipinski definition) is 3. The highest BCUT2D eigenvalue weighted by molar-refractivity contribution is 6.34. The predicted molar refractivity (Wildman–Crippen MR) is 116 cm³/mol. The first-order valence-corrected chi connectivity index (χ1v) is 10.9. The zero-order valence-corrected chi connectivity index (χ0v) is 19.0. The smallest absolute Gasteiger partial charge is 0.381 e. The summed E-state index contributed by atoms with van der Waals surface area (Å²) in [6, 6.07) is 5.75. The number of amides is 1. The molecule has 1 amide bonds. The number of anilines is 1. The Morgan fingerprint density at radius 1 is 1.00 bits per heavy atom. The van der Waals surface area contributed by atoms with Gasteiger partial charge in [0, 0.05) is 28.7 Å². The van der Waals surface area contributed by atoms with Crippen molar-refractivity contribution in [1.82, 2.24) is 5.32 Å². The van der Waals surface area contributed by atoms with Gasteiger partial charge in [-0.3, -0.25) is 4.79 Å². The molecule has 1 fully saturated rings. The lowest BCUT2D eigenvalue weighted by molar-refractivity contribution is -0.260. The fourth-order valence-corrected chi connectivity index (χ4v) is 3.87. The molecule has 1 aliphatic carbocycles. The number of benzene rings is 2. The molecule has 0 saturated heterocycles. The summed E-state index contributed by atoms with van der Waals surface area (Å²) in [4.78, 5) is 11.8. The second-order valence-corrected chi connectivity index (χ2v) is 9.04. The Hall–Kier alpha value is -2.17. The van der Waals surface area contributed by atoms with E-state index < -0.39 is 35.6 Å². The Kier molecular flexibility index (Phi) is 7.64. The number of carbonyl (C=O) groups is 1. The first-order valence-electron chi connectivity index (χ1n) is 10.2. The maximum absolute atomic E-state index is 13.8. The largest absolute Gasteiger partial charge is 0.423 e. The van der Waals surface area contributed by atoms with Gasteiger partial charge < -0.3 is 15.7 Å². The number of halogens is 8. The van der Waals surface area contributed by atoms with Crippen LogP contribution in [0.25, 0.3) is 0 Å². The summed E-state index contributed by atoms with van der Waals surface area (Å²) < 4.78 is 82.1. The van der Waals surface area contributed by atoms with Crippen LogP contribution in [0.15, 0.2) is 36.4 Å². The van der Waals surface area contributed by atoms with Crippen molar-refractivity contribution in [3.63, 3.8) is 0 Å². The van der Waals surface area contributed by atoms with Crippen LogP contribution in [0.4, 0.5) is 32.0 Å². The summed E-state index contributed by atoms with van der Waals surface area (Å²) >= 11 is 11.5. The van der Waals surface area contributed by atoms with Crippen molar-refractivity contribution in [2.24, 2.45) is 5.92 Å².